The van der Waals surface area contributed by atoms with Crippen molar-refractivity contribution in [3.05, 3.63) is 28.3 Å². The first kappa shape index (κ1) is 14.3. The highest BCUT2D eigenvalue weighted by atomic mass is 16.8. The van der Waals surface area contributed by atoms with Gasteiger partial charge in [0.15, 0.2) is 6.54 Å². The SMILES string of the molecule is CCNc1ccc([N+](O)(O)CCN)c([N+](=O)[O-])c1. The number of nitrogens with zero attached hydrogens (tertiary/aromatic N) is 2. The minimum absolute atomic E-state index is 0.0148. The molecule has 0 atom stereocenters. The van der Waals surface area contributed by atoms with Crippen LogP contribution >= 0.6 is 0 Å². The lowest BCUT2D eigenvalue weighted by Crippen LogP contribution is -2.46. The summed E-state index contributed by atoms with van der Waals surface area (Å²) in [5.41, 5.74) is 5.20. The Balaban J connectivity index is 3.23. The number of nitro benzene ring substituents is 1. The molecular formula is C10H17N4O4+. The van der Waals surface area contributed by atoms with E-state index in [4.69, 9.17) is 5.73 Å². The number of rotatable bonds is 6. The molecule has 1 rings (SSSR count). The minimum Gasteiger partial charge on any atom is -0.385 e. The highest BCUT2D eigenvalue weighted by molar-refractivity contribution is 5.65. The average molecular weight is 257 g/mol. The summed E-state index contributed by atoms with van der Waals surface area (Å²) in [5, 5.41) is 33.3. The van der Waals surface area contributed by atoms with Gasteiger partial charge < -0.3 is 11.1 Å². The van der Waals surface area contributed by atoms with Crippen molar-refractivity contribution in [2.75, 3.05) is 25.0 Å². The van der Waals surface area contributed by atoms with Crippen LogP contribution in [0.1, 0.15) is 6.92 Å². The Hall–Kier alpha value is -1.74. The highest BCUT2D eigenvalue weighted by Gasteiger charge is 2.35. The lowest BCUT2D eigenvalue weighted by molar-refractivity contribution is -0.389. The molecule has 0 aliphatic carbocycles. The van der Waals surface area contributed by atoms with Crippen LogP contribution < -0.4 is 15.9 Å². The maximum absolute atomic E-state index is 10.9. The van der Waals surface area contributed by atoms with Crippen molar-refractivity contribution in [1.29, 1.82) is 0 Å². The zero-order valence-electron chi connectivity index (χ0n) is 10.0. The molecule has 0 aliphatic heterocycles. The van der Waals surface area contributed by atoms with E-state index >= 15 is 0 Å². The van der Waals surface area contributed by atoms with Crippen molar-refractivity contribution in [3.8, 4) is 0 Å². The molecule has 8 nitrogen and oxygen atoms in total. The third-order valence-electron chi connectivity index (χ3n) is 2.38. The van der Waals surface area contributed by atoms with Gasteiger partial charge in [-0.05, 0) is 17.8 Å². The first-order valence-corrected chi connectivity index (χ1v) is 5.49. The van der Waals surface area contributed by atoms with E-state index in [9.17, 15) is 20.5 Å². The van der Waals surface area contributed by atoms with Crippen LogP contribution in [0.15, 0.2) is 18.2 Å². The van der Waals surface area contributed by atoms with Gasteiger partial charge in [-0.15, -0.1) is 0 Å². The number of nitrogens with two attached hydrogens (primary N) is 1. The van der Waals surface area contributed by atoms with Crippen LogP contribution in [0.25, 0.3) is 0 Å². The summed E-state index contributed by atoms with van der Waals surface area (Å²) in [6.07, 6.45) is 0. The number of hydroxylamine groups is 2. The van der Waals surface area contributed by atoms with Crippen molar-refractivity contribution < 1.29 is 15.3 Å². The maximum Gasteiger partial charge on any atom is 0.337 e. The molecule has 0 heterocycles. The summed E-state index contributed by atoms with van der Waals surface area (Å²) < 4.78 is 0. The summed E-state index contributed by atoms with van der Waals surface area (Å²) in [6.45, 7) is 2.21. The molecule has 0 radical (unpaired) electrons. The van der Waals surface area contributed by atoms with E-state index in [2.05, 4.69) is 5.32 Å². The van der Waals surface area contributed by atoms with Gasteiger partial charge in [0.2, 0.25) is 0 Å². The molecule has 0 fully saturated rings. The van der Waals surface area contributed by atoms with Crippen LogP contribution in [0.4, 0.5) is 17.1 Å². The molecule has 0 saturated heterocycles. The number of hydrogen-bond acceptors (Lipinski definition) is 6. The van der Waals surface area contributed by atoms with E-state index in [0.29, 0.717) is 12.2 Å². The first-order valence-electron chi connectivity index (χ1n) is 5.49. The zero-order valence-corrected chi connectivity index (χ0v) is 10.0. The molecule has 8 heteroatoms. The minimum atomic E-state index is -1.60. The van der Waals surface area contributed by atoms with E-state index in [-0.39, 0.29) is 24.5 Å². The Kier molecular flexibility index (Phi) is 4.56. The second kappa shape index (κ2) is 5.74. The monoisotopic (exact) mass is 257 g/mol. The summed E-state index contributed by atoms with van der Waals surface area (Å²) in [7, 11) is 0. The molecule has 0 unspecified atom stereocenters. The van der Waals surface area contributed by atoms with Crippen LogP contribution in [0.5, 0.6) is 0 Å². The average Bonchev–Trinajstić information content (AvgIpc) is 2.29. The topological polar surface area (TPSA) is 122 Å². The van der Waals surface area contributed by atoms with Gasteiger partial charge in [0.25, 0.3) is 5.69 Å². The van der Waals surface area contributed by atoms with Crippen LogP contribution in [-0.4, -0.2) is 35.0 Å². The lowest BCUT2D eigenvalue weighted by Gasteiger charge is -2.19. The summed E-state index contributed by atoms with van der Waals surface area (Å²) >= 11 is 0. The molecular weight excluding hydrogens is 240 g/mol. The predicted octanol–water partition coefficient (Wildman–Crippen LogP) is 1.07. The van der Waals surface area contributed by atoms with Gasteiger partial charge in [-0.25, -0.2) is 0 Å². The number of hydrogen-bond donors (Lipinski definition) is 4. The van der Waals surface area contributed by atoms with Crippen LogP contribution in [0.3, 0.4) is 0 Å². The van der Waals surface area contributed by atoms with Crippen molar-refractivity contribution in [2.45, 2.75) is 6.92 Å². The molecule has 0 spiro atoms. The molecule has 0 aromatic heterocycles. The maximum atomic E-state index is 10.9. The van der Waals surface area contributed by atoms with Crippen molar-refractivity contribution in [2.24, 2.45) is 5.73 Å². The lowest BCUT2D eigenvalue weighted by atomic mass is 10.2. The van der Waals surface area contributed by atoms with Crippen LogP contribution in [0.2, 0.25) is 0 Å². The molecule has 0 saturated carbocycles. The molecule has 0 amide bonds. The Labute approximate surface area is 104 Å². The van der Waals surface area contributed by atoms with Gasteiger partial charge in [0.05, 0.1) is 4.92 Å². The summed E-state index contributed by atoms with van der Waals surface area (Å²) in [5.74, 6) is 0. The normalized spacial score (nSPS) is 11.3. The Morgan fingerprint density at radius 1 is 1.50 bits per heavy atom. The van der Waals surface area contributed by atoms with E-state index in [1.54, 1.807) is 6.07 Å². The first-order chi connectivity index (χ1) is 8.42. The van der Waals surface area contributed by atoms with Gasteiger partial charge in [0.1, 0.15) is 0 Å². The Morgan fingerprint density at radius 2 is 2.17 bits per heavy atom. The fourth-order valence-corrected chi connectivity index (χ4v) is 1.59. The standard InChI is InChI=1S/C10H17N4O4/c1-2-12-8-3-4-10(9(7-8)13(15)16)14(17,18)6-5-11/h3-4,7,12,17-18H,2,5-6,11H2,1H3/q+1. The van der Waals surface area contributed by atoms with Gasteiger partial charge in [-0.3, -0.25) is 10.1 Å². The molecule has 1 aromatic rings. The van der Waals surface area contributed by atoms with E-state index in [0.717, 1.165) is 0 Å². The molecule has 0 bridgehead atoms. The zero-order chi connectivity index (χ0) is 13.8. The number of anilines is 1. The molecule has 5 N–H and O–H groups in total. The fraction of sp³-hybridized carbons (Fsp3) is 0.400. The summed E-state index contributed by atoms with van der Waals surface area (Å²) in [6, 6.07) is 4.10. The fourth-order valence-electron chi connectivity index (χ4n) is 1.59. The predicted molar refractivity (Wildman–Crippen MR) is 66.5 cm³/mol. The van der Waals surface area contributed by atoms with Crippen molar-refractivity contribution >= 4 is 17.1 Å². The molecule has 100 valence electrons. The van der Waals surface area contributed by atoms with Crippen molar-refractivity contribution in [1.82, 2.24) is 4.81 Å². The number of quaternary nitrogens is 1. The molecule has 18 heavy (non-hydrogen) atoms. The Bertz CT molecular complexity index is 436. The molecule has 1 aromatic carbocycles. The van der Waals surface area contributed by atoms with Gasteiger partial charge in [0, 0.05) is 30.9 Å². The highest BCUT2D eigenvalue weighted by Crippen LogP contribution is 2.33. The largest absolute Gasteiger partial charge is 0.385 e. The van der Waals surface area contributed by atoms with Crippen LogP contribution in [-0.2, 0) is 0 Å². The second-order valence-corrected chi connectivity index (χ2v) is 3.73. The number of nitro groups is 1. The smallest absolute Gasteiger partial charge is 0.337 e. The van der Waals surface area contributed by atoms with Crippen LogP contribution in [0, 0.1) is 10.1 Å². The van der Waals surface area contributed by atoms with Gasteiger partial charge in [-0.1, -0.05) is 0 Å². The van der Waals surface area contributed by atoms with E-state index in [1.807, 2.05) is 6.92 Å². The third-order valence-corrected chi connectivity index (χ3v) is 2.38. The summed E-state index contributed by atoms with van der Waals surface area (Å²) in [4.78, 5) is 8.68. The Morgan fingerprint density at radius 3 is 2.67 bits per heavy atom. The van der Waals surface area contributed by atoms with Gasteiger partial charge >= 0.3 is 5.69 Å². The number of benzene rings is 1. The van der Waals surface area contributed by atoms with E-state index < -0.39 is 9.73 Å². The quantitative estimate of drug-likeness (QED) is 0.343. The molecule has 0 aliphatic rings. The number of nitrogens with one attached hydrogen (secondary N) is 1. The third kappa shape index (κ3) is 3.14. The van der Waals surface area contributed by atoms with Crippen molar-refractivity contribution in [3.63, 3.8) is 0 Å². The van der Waals surface area contributed by atoms with E-state index in [1.165, 1.54) is 12.1 Å². The van der Waals surface area contributed by atoms with Gasteiger partial charge in [-0.2, -0.15) is 10.4 Å². The second-order valence-electron chi connectivity index (χ2n) is 3.73.